The fraction of sp³-hybridized carbons (Fsp3) is 0.0385. The van der Waals surface area contributed by atoms with E-state index in [-0.39, 0.29) is 0 Å². The number of rotatable bonds is 5. The molecule has 4 nitrogen and oxygen atoms in total. The maximum absolute atomic E-state index is 4.80. The fourth-order valence-corrected chi connectivity index (χ4v) is 4.22. The van der Waals surface area contributed by atoms with E-state index in [1.165, 1.54) is 0 Å². The van der Waals surface area contributed by atoms with E-state index in [1.807, 2.05) is 49.4 Å². The topological polar surface area (TPSA) is 50.7 Å². The minimum Gasteiger partial charge on any atom is -0.340 e. The van der Waals surface area contributed by atoms with Gasteiger partial charge in [-0.3, -0.25) is 0 Å². The molecule has 0 amide bonds. The Morgan fingerprint density at radius 1 is 0.645 bits per heavy atom. The molecule has 5 heteroatoms. The van der Waals surface area contributed by atoms with E-state index < -0.39 is 0 Å². The van der Waals surface area contributed by atoms with Gasteiger partial charge in [0.05, 0.1) is 11.4 Å². The van der Waals surface area contributed by atoms with Crippen LogP contribution in [0.4, 0.5) is 11.5 Å². The monoisotopic (exact) mass is 420 g/mol. The standard InChI is InChI=1S/C26H20N4S/c1-18-27-23(19-8-4-2-5-9-19)16-25(28-18)29-22-14-12-20(13-15-22)24-17-31-26(30-24)21-10-6-3-7-11-21/h2-17H,1H3,(H,27,28,29). The Morgan fingerprint density at radius 2 is 1.29 bits per heavy atom. The normalized spacial score (nSPS) is 10.7. The van der Waals surface area contributed by atoms with Gasteiger partial charge >= 0.3 is 0 Å². The van der Waals surface area contributed by atoms with Gasteiger partial charge in [0, 0.05) is 33.8 Å². The zero-order valence-corrected chi connectivity index (χ0v) is 17.8. The minimum atomic E-state index is 0.733. The molecule has 0 aliphatic heterocycles. The van der Waals surface area contributed by atoms with Gasteiger partial charge in [0.25, 0.3) is 0 Å². The van der Waals surface area contributed by atoms with Crippen molar-refractivity contribution in [1.82, 2.24) is 15.0 Å². The Hall–Kier alpha value is -3.83. The molecule has 2 aromatic heterocycles. The Balaban J connectivity index is 1.36. The first kappa shape index (κ1) is 19.2. The maximum Gasteiger partial charge on any atom is 0.134 e. The average molecular weight is 421 g/mol. The van der Waals surface area contributed by atoms with E-state index >= 15 is 0 Å². The predicted molar refractivity (Wildman–Crippen MR) is 128 cm³/mol. The van der Waals surface area contributed by atoms with Crippen molar-refractivity contribution in [1.29, 1.82) is 0 Å². The first-order valence-electron chi connectivity index (χ1n) is 10.0. The molecule has 2 heterocycles. The molecule has 3 aromatic carbocycles. The molecule has 31 heavy (non-hydrogen) atoms. The van der Waals surface area contributed by atoms with Gasteiger partial charge in [-0.2, -0.15) is 0 Å². The van der Waals surface area contributed by atoms with Crippen LogP contribution in [0, 0.1) is 6.92 Å². The minimum absolute atomic E-state index is 0.733. The van der Waals surface area contributed by atoms with Crippen LogP contribution in [0.2, 0.25) is 0 Å². The van der Waals surface area contributed by atoms with E-state index in [2.05, 4.69) is 69.2 Å². The largest absolute Gasteiger partial charge is 0.340 e. The van der Waals surface area contributed by atoms with Crippen molar-refractivity contribution in [2.75, 3.05) is 5.32 Å². The Kier molecular flexibility index (Phi) is 5.25. The number of aryl methyl sites for hydroxylation is 1. The third-order valence-corrected chi connectivity index (χ3v) is 5.78. The number of hydrogen-bond acceptors (Lipinski definition) is 5. The van der Waals surface area contributed by atoms with E-state index in [9.17, 15) is 0 Å². The van der Waals surface area contributed by atoms with Crippen molar-refractivity contribution in [2.24, 2.45) is 0 Å². The van der Waals surface area contributed by atoms with Gasteiger partial charge < -0.3 is 5.32 Å². The van der Waals surface area contributed by atoms with Crippen LogP contribution in [0.15, 0.2) is 96.4 Å². The average Bonchev–Trinajstić information content (AvgIpc) is 3.31. The van der Waals surface area contributed by atoms with Crippen LogP contribution in [-0.2, 0) is 0 Å². The Bertz CT molecular complexity index is 1300. The molecule has 150 valence electrons. The number of nitrogens with zero attached hydrogens (tertiary/aromatic N) is 3. The second-order valence-corrected chi connectivity index (χ2v) is 8.02. The van der Waals surface area contributed by atoms with Crippen LogP contribution in [0.3, 0.4) is 0 Å². The molecule has 5 aromatic rings. The van der Waals surface area contributed by atoms with Gasteiger partial charge in [-0.1, -0.05) is 72.8 Å². The third kappa shape index (κ3) is 4.37. The molecule has 0 aliphatic carbocycles. The number of aromatic nitrogens is 3. The van der Waals surface area contributed by atoms with E-state index in [1.54, 1.807) is 11.3 Å². The number of hydrogen-bond donors (Lipinski definition) is 1. The summed E-state index contributed by atoms with van der Waals surface area (Å²) in [4.78, 5) is 13.9. The lowest BCUT2D eigenvalue weighted by Crippen LogP contribution is -1.99. The molecule has 0 bridgehead atoms. The van der Waals surface area contributed by atoms with Crippen LogP contribution in [0.25, 0.3) is 33.1 Å². The van der Waals surface area contributed by atoms with Crippen LogP contribution in [0.1, 0.15) is 5.82 Å². The van der Waals surface area contributed by atoms with E-state index in [0.717, 1.165) is 50.4 Å². The SMILES string of the molecule is Cc1nc(Nc2ccc(-c3csc(-c4ccccc4)n3)cc2)cc(-c2ccccc2)n1. The summed E-state index contributed by atoms with van der Waals surface area (Å²) in [5, 5.41) is 6.53. The van der Waals surface area contributed by atoms with Crippen molar-refractivity contribution in [3.8, 4) is 33.1 Å². The first-order valence-corrected chi connectivity index (χ1v) is 10.9. The van der Waals surface area contributed by atoms with Crippen molar-refractivity contribution in [3.05, 3.63) is 102 Å². The number of anilines is 2. The van der Waals surface area contributed by atoms with Gasteiger partial charge in [0.2, 0.25) is 0 Å². The van der Waals surface area contributed by atoms with E-state index in [4.69, 9.17) is 4.98 Å². The summed E-state index contributed by atoms with van der Waals surface area (Å²) in [6, 6.07) is 30.6. The summed E-state index contributed by atoms with van der Waals surface area (Å²) in [6.45, 7) is 1.91. The predicted octanol–water partition coefficient (Wildman–Crippen LogP) is 6.99. The molecular formula is C26H20N4S. The fourth-order valence-electron chi connectivity index (χ4n) is 3.38. The zero-order chi connectivity index (χ0) is 21.0. The molecule has 0 radical (unpaired) electrons. The molecule has 0 atom stereocenters. The summed E-state index contributed by atoms with van der Waals surface area (Å²) in [7, 11) is 0. The van der Waals surface area contributed by atoms with Crippen molar-refractivity contribution < 1.29 is 0 Å². The van der Waals surface area contributed by atoms with E-state index in [0.29, 0.717) is 0 Å². The smallest absolute Gasteiger partial charge is 0.134 e. The van der Waals surface area contributed by atoms with Crippen molar-refractivity contribution in [3.63, 3.8) is 0 Å². The highest BCUT2D eigenvalue weighted by Gasteiger charge is 2.08. The van der Waals surface area contributed by atoms with Gasteiger partial charge in [-0.05, 0) is 19.1 Å². The van der Waals surface area contributed by atoms with Gasteiger partial charge in [0.1, 0.15) is 16.6 Å². The molecule has 0 spiro atoms. The molecule has 0 saturated heterocycles. The number of thiazole rings is 1. The summed E-state index contributed by atoms with van der Waals surface area (Å²) in [6.07, 6.45) is 0. The van der Waals surface area contributed by atoms with Crippen molar-refractivity contribution >= 4 is 22.8 Å². The molecular weight excluding hydrogens is 400 g/mol. The summed E-state index contributed by atoms with van der Waals surface area (Å²) in [5.74, 6) is 1.51. The van der Waals surface area contributed by atoms with Crippen LogP contribution >= 0.6 is 11.3 Å². The Morgan fingerprint density at radius 3 is 2.00 bits per heavy atom. The maximum atomic E-state index is 4.80. The van der Waals surface area contributed by atoms with Crippen molar-refractivity contribution in [2.45, 2.75) is 6.92 Å². The lowest BCUT2D eigenvalue weighted by Gasteiger charge is -2.09. The van der Waals surface area contributed by atoms with Gasteiger partial charge in [-0.15, -0.1) is 11.3 Å². The summed E-state index contributed by atoms with van der Waals surface area (Å²) >= 11 is 1.66. The lowest BCUT2D eigenvalue weighted by molar-refractivity contribution is 1.06. The highest BCUT2D eigenvalue weighted by molar-refractivity contribution is 7.13. The lowest BCUT2D eigenvalue weighted by atomic mass is 10.1. The highest BCUT2D eigenvalue weighted by Crippen LogP contribution is 2.30. The first-order chi connectivity index (χ1) is 15.2. The summed E-state index contributed by atoms with van der Waals surface area (Å²) < 4.78 is 0. The Labute approximate surface area is 185 Å². The van der Waals surface area contributed by atoms with Gasteiger partial charge in [0.15, 0.2) is 0 Å². The zero-order valence-electron chi connectivity index (χ0n) is 17.0. The second kappa shape index (κ2) is 8.50. The van der Waals surface area contributed by atoms with Crippen LogP contribution < -0.4 is 5.32 Å². The molecule has 0 fully saturated rings. The van der Waals surface area contributed by atoms with Crippen LogP contribution in [0.5, 0.6) is 0 Å². The number of nitrogens with one attached hydrogen (secondary N) is 1. The molecule has 0 unspecified atom stereocenters. The number of benzene rings is 3. The third-order valence-electron chi connectivity index (χ3n) is 4.89. The second-order valence-electron chi connectivity index (χ2n) is 7.16. The molecule has 5 rings (SSSR count). The van der Waals surface area contributed by atoms with Gasteiger partial charge in [-0.25, -0.2) is 15.0 Å². The molecule has 0 aliphatic rings. The quantitative estimate of drug-likeness (QED) is 0.333. The molecule has 0 saturated carbocycles. The van der Waals surface area contributed by atoms with Crippen LogP contribution in [-0.4, -0.2) is 15.0 Å². The molecule has 1 N–H and O–H groups in total. The highest BCUT2D eigenvalue weighted by atomic mass is 32.1. The summed E-state index contributed by atoms with van der Waals surface area (Å²) in [5.41, 5.74) is 6.17.